The largest absolute Gasteiger partial charge is 0.478 e. The van der Waals surface area contributed by atoms with Crippen molar-refractivity contribution in [2.45, 2.75) is 6.92 Å². The summed E-state index contributed by atoms with van der Waals surface area (Å²) in [6.07, 6.45) is 1.20. The summed E-state index contributed by atoms with van der Waals surface area (Å²) in [5.41, 5.74) is 1.27. The van der Waals surface area contributed by atoms with E-state index in [9.17, 15) is 14.0 Å². The summed E-state index contributed by atoms with van der Waals surface area (Å²) in [6.45, 7) is 1.63. The highest BCUT2D eigenvalue weighted by Crippen LogP contribution is 2.16. The summed E-state index contributed by atoms with van der Waals surface area (Å²) in [6, 6.07) is 6.83. The van der Waals surface area contributed by atoms with Crippen molar-refractivity contribution in [3.05, 3.63) is 59.2 Å². The third kappa shape index (κ3) is 2.97. The van der Waals surface area contributed by atoms with Gasteiger partial charge in [0.05, 0.1) is 5.56 Å². The molecule has 0 aliphatic rings. The van der Waals surface area contributed by atoms with Crippen molar-refractivity contribution in [3.63, 3.8) is 0 Å². The van der Waals surface area contributed by atoms with Gasteiger partial charge < -0.3 is 10.4 Å². The Balaban J connectivity index is 2.20. The van der Waals surface area contributed by atoms with Crippen molar-refractivity contribution in [2.24, 2.45) is 0 Å². The Kier molecular flexibility index (Phi) is 3.74. The molecule has 2 rings (SSSR count). The number of halogens is 1. The maximum absolute atomic E-state index is 12.9. The maximum atomic E-state index is 12.9. The zero-order valence-electron chi connectivity index (χ0n) is 10.6. The van der Waals surface area contributed by atoms with Gasteiger partial charge in [0, 0.05) is 23.5 Å². The van der Waals surface area contributed by atoms with Crippen molar-refractivity contribution in [1.29, 1.82) is 0 Å². The van der Waals surface area contributed by atoms with Crippen LogP contribution in [0.15, 0.2) is 36.5 Å². The molecule has 0 spiro atoms. The quantitative estimate of drug-likeness (QED) is 0.843. The first-order chi connectivity index (χ1) is 9.47. The Morgan fingerprint density at radius 3 is 2.60 bits per heavy atom. The first-order valence-electron chi connectivity index (χ1n) is 5.74. The molecular weight excluding hydrogens is 263 g/mol. The molecule has 0 saturated carbocycles. The Morgan fingerprint density at radius 1 is 1.25 bits per heavy atom. The smallest absolute Gasteiger partial charge is 0.335 e. The van der Waals surface area contributed by atoms with Crippen molar-refractivity contribution < 1.29 is 19.1 Å². The second-order valence-corrected chi connectivity index (χ2v) is 4.16. The minimum Gasteiger partial charge on any atom is -0.478 e. The number of pyridine rings is 1. The summed E-state index contributed by atoms with van der Waals surface area (Å²) >= 11 is 0. The molecule has 0 atom stereocenters. The van der Waals surface area contributed by atoms with Crippen LogP contribution in [0.2, 0.25) is 0 Å². The second kappa shape index (κ2) is 5.48. The summed E-state index contributed by atoms with van der Waals surface area (Å²) in [4.78, 5) is 26.1. The first kappa shape index (κ1) is 13.7. The third-order valence-electron chi connectivity index (χ3n) is 2.70. The van der Waals surface area contributed by atoms with Crippen molar-refractivity contribution in [3.8, 4) is 0 Å². The van der Waals surface area contributed by atoms with E-state index in [-0.39, 0.29) is 11.1 Å². The number of carboxylic acid groups (broad SMARTS) is 1. The number of hydrogen-bond acceptors (Lipinski definition) is 3. The first-order valence-corrected chi connectivity index (χ1v) is 5.74. The highest BCUT2D eigenvalue weighted by Gasteiger charge is 2.10. The minimum atomic E-state index is -1.03. The molecule has 1 heterocycles. The zero-order valence-corrected chi connectivity index (χ0v) is 10.6. The highest BCUT2D eigenvalue weighted by molar-refractivity contribution is 6.04. The second-order valence-electron chi connectivity index (χ2n) is 4.16. The van der Waals surface area contributed by atoms with Gasteiger partial charge in [-0.15, -0.1) is 0 Å². The van der Waals surface area contributed by atoms with Gasteiger partial charge in [0.1, 0.15) is 0 Å². The van der Waals surface area contributed by atoms with E-state index in [2.05, 4.69) is 10.3 Å². The van der Waals surface area contributed by atoms with Gasteiger partial charge in [0.25, 0.3) is 5.91 Å². The fourth-order valence-corrected chi connectivity index (χ4v) is 1.73. The number of nitrogens with one attached hydrogen (secondary N) is 1. The number of carboxylic acids is 1. The van der Waals surface area contributed by atoms with E-state index in [0.29, 0.717) is 11.3 Å². The summed E-state index contributed by atoms with van der Waals surface area (Å²) in [5, 5.41) is 11.5. The molecule has 0 saturated heterocycles. The molecule has 20 heavy (non-hydrogen) atoms. The van der Waals surface area contributed by atoms with Crippen LogP contribution in [-0.4, -0.2) is 22.0 Å². The number of hydrogen-bond donors (Lipinski definition) is 2. The third-order valence-corrected chi connectivity index (χ3v) is 2.70. The average Bonchev–Trinajstić information content (AvgIpc) is 2.38. The number of aromatic carboxylic acids is 1. The van der Waals surface area contributed by atoms with Gasteiger partial charge in [-0.3, -0.25) is 4.79 Å². The topological polar surface area (TPSA) is 79.3 Å². The number of rotatable bonds is 3. The van der Waals surface area contributed by atoms with Gasteiger partial charge in [-0.05, 0) is 36.8 Å². The predicted octanol–water partition coefficient (Wildman–Crippen LogP) is 2.48. The van der Waals surface area contributed by atoms with Crippen LogP contribution < -0.4 is 5.32 Å². The van der Waals surface area contributed by atoms with Gasteiger partial charge in [0.15, 0.2) is 0 Å². The molecular formula is C14H11FN2O3. The molecule has 0 fully saturated rings. The number of aryl methyl sites for hydroxylation is 1. The Bertz CT molecular complexity index is 686. The molecule has 0 aliphatic carbocycles. The number of anilines is 1. The highest BCUT2D eigenvalue weighted by atomic mass is 19.1. The predicted molar refractivity (Wildman–Crippen MR) is 70.3 cm³/mol. The molecule has 0 radical (unpaired) electrons. The number of amides is 1. The molecule has 1 aromatic heterocycles. The van der Waals surface area contributed by atoms with Crippen LogP contribution in [0.25, 0.3) is 0 Å². The Labute approximate surface area is 114 Å². The molecule has 2 N–H and O–H groups in total. The number of benzene rings is 1. The molecule has 6 heteroatoms. The van der Waals surface area contributed by atoms with Crippen LogP contribution in [0, 0.1) is 12.9 Å². The average molecular weight is 274 g/mol. The van der Waals surface area contributed by atoms with E-state index in [1.54, 1.807) is 13.0 Å². The van der Waals surface area contributed by atoms with Crippen LogP contribution in [-0.2, 0) is 0 Å². The lowest BCUT2D eigenvalue weighted by atomic mass is 10.1. The SMILES string of the molecule is Cc1cc(NC(=O)c2ccnc(F)c2)ccc1C(=O)O. The Morgan fingerprint density at radius 2 is 2.00 bits per heavy atom. The van der Waals surface area contributed by atoms with Gasteiger partial charge in [-0.2, -0.15) is 4.39 Å². The zero-order chi connectivity index (χ0) is 14.7. The van der Waals surface area contributed by atoms with E-state index in [0.717, 1.165) is 6.07 Å². The number of nitrogens with zero attached hydrogens (tertiary/aromatic N) is 1. The fourth-order valence-electron chi connectivity index (χ4n) is 1.73. The lowest BCUT2D eigenvalue weighted by Gasteiger charge is -2.07. The molecule has 0 aliphatic heterocycles. The van der Waals surface area contributed by atoms with E-state index < -0.39 is 17.8 Å². The molecule has 5 nitrogen and oxygen atoms in total. The normalized spacial score (nSPS) is 10.1. The van der Waals surface area contributed by atoms with Crippen LogP contribution in [0.4, 0.5) is 10.1 Å². The van der Waals surface area contributed by atoms with Crippen LogP contribution >= 0.6 is 0 Å². The monoisotopic (exact) mass is 274 g/mol. The summed E-state index contributed by atoms with van der Waals surface area (Å²) < 4.78 is 12.9. The van der Waals surface area contributed by atoms with E-state index >= 15 is 0 Å². The van der Waals surface area contributed by atoms with Crippen LogP contribution in [0.5, 0.6) is 0 Å². The molecule has 102 valence electrons. The summed E-state index contributed by atoms with van der Waals surface area (Å²) in [7, 11) is 0. The molecule has 0 unspecified atom stereocenters. The number of aromatic nitrogens is 1. The van der Waals surface area contributed by atoms with Gasteiger partial charge in [-0.25, -0.2) is 9.78 Å². The maximum Gasteiger partial charge on any atom is 0.335 e. The minimum absolute atomic E-state index is 0.137. The molecule has 1 amide bonds. The molecule has 0 bridgehead atoms. The van der Waals surface area contributed by atoms with Gasteiger partial charge >= 0.3 is 5.97 Å². The summed E-state index contributed by atoms with van der Waals surface area (Å²) in [5.74, 6) is -2.26. The van der Waals surface area contributed by atoms with E-state index in [1.807, 2.05) is 0 Å². The van der Waals surface area contributed by atoms with Gasteiger partial charge in [-0.1, -0.05) is 0 Å². The van der Waals surface area contributed by atoms with Crippen LogP contribution in [0.3, 0.4) is 0 Å². The van der Waals surface area contributed by atoms with Crippen molar-refractivity contribution >= 4 is 17.6 Å². The number of carbonyl (C=O) groups excluding carboxylic acids is 1. The van der Waals surface area contributed by atoms with Crippen molar-refractivity contribution in [2.75, 3.05) is 5.32 Å². The molecule has 2 aromatic rings. The van der Waals surface area contributed by atoms with Crippen LogP contribution in [0.1, 0.15) is 26.3 Å². The van der Waals surface area contributed by atoms with E-state index in [4.69, 9.17) is 5.11 Å². The van der Waals surface area contributed by atoms with Crippen molar-refractivity contribution in [1.82, 2.24) is 4.98 Å². The standard InChI is InChI=1S/C14H11FN2O3/c1-8-6-10(2-3-11(8)14(19)20)17-13(18)9-4-5-16-12(15)7-9/h2-7H,1H3,(H,17,18)(H,19,20). The fraction of sp³-hybridized carbons (Fsp3) is 0.0714. The lowest BCUT2D eigenvalue weighted by molar-refractivity contribution is 0.0696. The number of carbonyl (C=O) groups is 2. The Hall–Kier alpha value is -2.76. The molecule has 1 aromatic carbocycles. The van der Waals surface area contributed by atoms with Gasteiger partial charge in [0.2, 0.25) is 5.95 Å². The lowest BCUT2D eigenvalue weighted by Crippen LogP contribution is -2.13. The van der Waals surface area contributed by atoms with E-state index in [1.165, 1.54) is 24.4 Å².